The molecule has 1 aliphatic rings. The molecule has 7 nitrogen and oxygen atoms in total. The quantitative estimate of drug-likeness (QED) is 0.772. The Kier molecular flexibility index (Phi) is 5.65. The molecule has 2 heterocycles. The lowest BCUT2D eigenvalue weighted by Crippen LogP contribution is -2.38. The molecule has 2 aromatic rings. The normalized spacial score (nSPS) is 15.1. The minimum absolute atomic E-state index is 0.160. The van der Waals surface area contributed by atoms with Crippen LogP contribution >= 0.6 is 0 Å². The van der Waals surface area contributed by atoms with Crippen LogP contribution in [0.3, 0.4) is 0 Å². The summed E-state index contributed by atoms with van der Waals surface area (Å²) in [7, 11) is 0. The average molecular weight is 343 g/mol. The van der Waals surface area contributed by atoms with E-state index in [1.54, 1.807) is 0 Å². The number of nitrogens with one attached hydrogen (secondary N) is 2. The lowest BCUT2D eigenvalue weighted by atomic mass is 10.1. The predicted octanol–water partition coefficient (Wildman–Crippen LogP) is 1.85. The third kappa shape index (κ3) is 4.57. The van der Waals surface area contributed by atoms with Gasteiger partial charge in [-0.3, -0.25) is 0 Å². The zero-order valence-electron chi connectivity index (χ0n) is 14.5. The van der Waals surface area contributed by atoms with Crippen molar-refractivity contribution in [3.8, 4) is 0 Å². The highest BCUT2D eigenvalue weighted by atomic mass is 16.3. The van der Waals surface area contributed by atoms with Crippen LogP contribution in [0.15, 0.2) is 24.3 Å². The first-order chi connectivity index (χ1) is 12.1. The second-order valence-corrected chi connectivity index (χ2v) is 6.48. The van der Waals surface area contributed by atoms with Gasteiger partial charge in [-0.15, -0.1) is 10.2 Å². The van der Waals surface area contributed by atoms with Gasteiger partial charge in [0.15, 0.2) is 5.82 Å². The van der Waals surface area contributed by atoms with E-state index in [9.17, 15) is 9.90 Å². The van der Waals surface area contributed by atoms with Crippen LogP contribution in [0.5, 0.6) is 0 Å². The summed E-state index contributed by atoms with van der Waals surface area (Å²) in [5, 5.41) is 24.0. The average Bonchev–Trinajstić information content (AvgIpc) is 2.85. The molecule has 0 fully saturated rings. The van der Waals surface area contributed by atoms with Gasteiger partial charge in [-0.05, 0) is 25.3 Å². The highest BCUT2D eigenvalue weighted by molar-refractivity contribution is 5.73. The second kappa shape index (κ2) is 8.11. The van der Waals surface area contributed by atoms with E-state index in [1.807, 2.05) is 31.2 Å². The van der Waals surface area contributed by atoms with Crippen molar-refractivity contribution in [1.29, 1.82) is 0 Å². The molecule has 2 amide bonds. The van der Waals surface area contributed by atoms with Crippen LogP contribution in [0, 0.1) is 6.92 Å². The van der Waals surface area contributed by atoms with E-state index in [-0.39, 0.29) is 12.6 Å². The molecule has 0 saturated heterocycles. The van der Waals surface area contributed by atoms with Gasteiger partial charge < -0.3 is 20.3 Å². The van der Waals surface area contributed by atoms with Crippen molar-refractivity contribution in [2.75, 3.05) is 6.54 Å². The van der Waals surface area contributed by atoms with Crippen molar-refractivity contribution in [3.05, 3.63) is 47.0 Å². The second-order valence-electron chi connectivity index (χ2n) is 6.48. The first-order valence-corrected chi connectivity index (χ1v) is 8.81. The number of benzene rings is 1. The molecule has 7 heteroatoms. The molecule has 0 radical (unpaired) electrons. The summed E-state index contributed by atoms with van der Waals surface area (Å²) < 4.78 is 2.11. The van der Waals surface area contributed by atoms with E-state index < -0.39 is 6.10 Å². The van der Waals surface area contributed by atoms with Gasteiger partial charge in [-0.25, -0.2) is 4.79 Å². The Morgan fingerprint density at radius 3 is 2.80 bits per heavy atom. The van der Waals surface area contributed by atoms with Crippen molar-refractivity contribution in [2.45, 2.75) is 51.8 Å². The highest BCUT2D eigenvalue weighted by Gasteiger charge is 2.15. The molecular formula is C18H25N5O2. The van der Waals surface area contributed by atoms with Crippen LogP contribution in [0.4, 0.5) is 4.79 Å². The molecule has 1 aromatic carbocycles. The Morgan fingerprint density at radius 1 is 1.20 bits per heavy atom. The highest BCUT2D eigenvalue weighted by Crippen LogP contribution is 2.14. The lowest BCUT2D eigenvalue weighted by Gasteiger charge is -2.13. The fourth-order valence-corrected chi connectivity index (χ4v) is 2.99. The Morgan fingerprint density at radius 2 is 2.00 bits per heavy atom. The Hall–Kier alpha value is -2.41. The minimum atomic E-state index is -0.726. The van der Waals surface area contributed by atoms with Gasteiger partial charge in [-0.2, -0.15) is 0 Å². The van der Waals surface area contributed by atoms with Crippen LogP contribution in [-0.4, -0.2) is 32.4 Å². The molecule has 3 N–H and O–H groups in total. The minimum Gasteiger partial charge on any atom is -0.387 e. The largest absolute Gasteiger partial charge is 0.387 e. The maximum atomic E-state index is 12.0. The van der Waals surface area contributed by atoms with E-state index in [4.69, 9.17) is 0 Å². The standard InChI is InChI=1S/C18H25N5O2/c1-13-6-8-14(9-7-13)15(24)11-19-18(25)20-12-17-22-21-16-5-3-2-4-10-23(16)17/h6-9,15,24H,2-5,10-12H2,1H3,(H2,19,20,25). The van der Waals surface area contributed by atoms with Crippen molar-refractivity contribution in [3.63, 3.8) is 0 Å². The molecule has 0 saturated carbocycles. The van der Waals surface area contributed by atoms with Crippen LogP contribution < -0.4 is 10.6 Å². The molecular weight excluding hydrogens is 318 g/mol. The van der Waals surface area contributed by atoms with Gasteiger partial charge in [-0.1, -0.05) is 36.2 Å². The summed E-state index contributed by atoms with van der Waals surface area (Å²) in [4.78, 5) is 12.0. The van der Waals surface area contributed by atoms with Crippen LogP contribution in [0.2, 0.25) is 0 Å². The maximum Gasteiger partial charge on any atom is 0.315 e. The zero-order valence-corrected chi connectivity index (χ0v) is 14.5. The number of hydrogen-bond donors (Lipinski definition) is 3. The van der Waals surface area contributed by atoms with Gasteiger partial charge in [0.25, 0.3) is 0 Å². The molecule has 1 aliphatic heterocycles. The third-order valence-corrected chi connectivity index (χ3v) is 4.51. The fourth-order valence-electron chi connectivity index (χ4n) is 2.99. The lowest BCUT2D eigenvalue weighted by molar-refractivity contribution is 0.173. The molecule has 134 valence electrons. The smallest absolute Gasteiger partial charge is 0.315 e. The summed E-state index contributed by atoms with van der Waals surface area (Å²) in [5.74, 6) is 1.79. The fraction of sp³-hybridized carbons (Fsp3) is 0.500. The SMILES string of the molecule is Cc1ccc(C(O)CNC(=O)NCc2nnc3n2CCCCC3)cc1. The number of carbonyl (C=O) groups excluding carboxylic acids is 1. The number of nitrogens with zero attached hydrogens (tertiary/aromatic N) is 3. The number of aliphatic hydroxyl groups is 1. The van der Waals surface area contributed by atoms with Crippen LogP contribution in [-0.2, 0) is 19.5 Å². The third-order valence-electron chi connectivity index (χ3n) is 4.51. The van der Waals surface area contributed by atoms with Crippen molar-refractivity contribution >= 4 is 6.03 Å². The molecule has 0 bridgehead atoms. The molecule has 1 unspecified atom stereocenters. The number of aryl methyl sites for hydroxylation is 2. The molecule has 3 rings (SSSR count). The number of amides is 2. The van der Waals surface area contributed by atoms with E-state index in [1.165, 1.54) is 6.42 Å². The Labute approximate surface area is 147 Å². The van der Waals surface area contributed by atoms with E-state index >= 15 is 0 Å². The number of urea groups is 1. The molecule has 0 spiro atoms. The zero-order chi connectivity index (χ0) is 17.6. The summed E-state index contributed by atoms with van der Waals surface area (Å²) in [6.45, 7) is 3.40. The summed E-state index contributed by atoms with van der Waals surface area (Å²) in [6, 6.07) is 7.29. The van der Waals surface area contributed by atoms with E-state index in [2.05, 4.69) is 25.4 Å². The van der Waals surface area contributed by atoms with E-state index in [0.29, 0.717) is 6.54 Å². The van der Waals surface area contributed by atoms with Crippen LogP contribution in [0.25, 0.3) is 0 Å². The monoisotopic (exact) mass is 343 g/mol. The number of rotatable bonds is 5. The Bertz CT molecular complexity index is 711. The number of aromatic nitrogens is 3. The number of fused-ring (bicyclic) bond motifs is 1. The van der Waals surface area contributed by atoms with Crippen LogP contribution in [0.1, 0.15) is 48.1 Å². The first kappa shape index (κ1) is 17.4. The summed E-state index contributed by atoms with van der Waals surface area (Å²) >= 11 is 0. The van der Waals surface area contributed by atoms with Crippen molar-refractivity contribution in [2.24, 2.45) is 0 Å². The number of hydrogen-bond acceptors (Lipinski definition) is 4. The number of aliphatic hydroxyl groups excluding tert-OH is 1. The molecule has 1 atom stereocenters. The topological polar surface area (TPSA) is 92.1 Å². The maximum absolute atomic E-state index is 12.0. The van der Waals surface area contributed by atoms with Gasteiger partial charge >= 0.3 is 6.03 Å². The first-order valence-electron chi connectivity index (χ1n) is 8.81. The van der Waals surface area contributed by atoms with Crippen molar-refractivity contribution in [1.82, 2.24) is 25.4 Å². The molecule has 1 aromatic heterocycles. The summed E-state index contributed by atoms with van der Waals surface area (Å²) in [5.41, 5.74) is 1.92. The van der Waals surface area contributed by atoms with Crippen molar-refractivity contribution < 1.29 is 9.90 Å². The van der Waals surface area contributed by atoms with Gasteiger partial charge in [0, 0.05) is 19.5 Å². The Balaban J connectivity index is 1.47. The molecule has 25 heavy (non-hydrogen) atoms. The summed E-state index contributed by atoms with van der Waals surface area (Å²) in [6.07, 6.45) is 3.68. The number of carbonyl (C=O) groups is 1. The van der Waals surface area contributed by atoms with Gasteiger partial charge in [0.2, 0.25) is 0 Å². The van der Waals surface area contributed by atoms with Gasteiger partial charge in [0.1, 0.15) is 5.82 Å². The molecule has 0 aliphatic carbocycles. The van der Waals surface area contributed by atoms with Gasteiger partial charge in [0.05, 0.1) is 12.6 Å². The predicted molar refractivity (Wildman–Crippen MR) is 94.0 cm³/mol. The van der Waals surface area contributed by atoms with E-state index in [0.717, 1.165) is 48.6 Å².